The highest BCUT2D eigenvalue weighted by atomic mass is 16.7. The highest BCUT2D eigenvalue weighted by Crippen LogP contribution is 2.61. The normalized spacial score (nSPS) is 24.6. The topological polar surface area (TPSA) is 69.7 Å². The van der Waals surface area contributed by atoms with E-state index in [1.165, 1.54) is 30.4 Å². The Morgan fingerprint density at radius 2 is 1.88 bits per heavy atom. The molecule has 2 aromatic rings. The van der Waals surface area contributed by atoms with Crippen molar-refractivity contribution in [3.63, 3.8) is 0 Å². The van der Waals surface area contributed by atoms with Crippen LogP contribution in [0.5, 0.6) is 17.2 Å². The second-order valence-electron chi connectivity index (χ2n) is 12.7. The molecular formula is C35H48N2O6. The standard InChI is InChI=1S/C35H48N2O6/c1-4-6-8-10-25-11-9-12-29(16-25)37(13-7-5-2)32(38)23-36-22-27(20-35(36)21-28(35)19-33-40-14-15-41-33)26-17-30(39-3)34-31(18-26)42-24-43-34/h9,11-12,16-18,27-28,33H,4-8,10,13-15,19-24H2,1-3H3/t27-,28?,35?/m1/s1. The van der Waals surface area contributed by atoms with Gasteiger partial charge in [-0.1, -0.05) is 45.2 Å². The van der Waals surface area contributed by atoms with E-state index in [-0.39, 0.29) is 30.4 Å². The zero-order valence-electron chi connectivity index (χ0n) is 26.1. The number of fused-ring (bicyclic) bond motifs is 1. The van der Waals surface area contributed by atoms with Gasteiger partial charge in [-0.25, -0.2) is 0 Å². The Morgan fingerprint density at radius 3 is 2.67 bits per heavy atom. The number of ether oxygens (including phenoxy) is 5. The Bertz CT molecular complexity index is 1260. The molecule has 1 amide bonds. The molecule has 3 fully saturated rings. The number of benzene rings is 2. The van der Waals surface area contributed by atoms with Crippen LogP contribution in [-0.2, 0) is 20.7 Å². The van der Waals surface area contributed by atoms with Gasteiger partial charge in [-0.05, 0) is 79.3 Å². The highest BCUT2D eigenvalue weighted by Gasteiger charge is 2.63. The van der Waals surface area contributed by atoms with Gasteiger partial charge in [0.25, 0.3) is 0 Å². The van der Waals surface area contributed by atoms with Crippen LogP contribution in [-0.4, -0.2) is 69.4 Å². The van der Waals surface area contributed by atoms with Crippen molar-refractivity contribution in [3.05, 3.63) is 47.5 Å². The molecule has 8 nitrogen and oxygen atoms in total. The van der Waals surface area contributed by atoms with E-state index in [1.54, 1.807) is 7.11 Å². The number of aryl methyl sites for hydroxylation is 1. The van der Waals surface area contributed by atoms with Crippen LogP contribution >= 0.6 is 0 Å². The fourth-order valence-corrected chi connectivity index (χ4v) is 7.40. The summed E-state index contributed by atoms with van der Waals surface area (Å²) in [6.07, 6.45) is 9.49. The van der Waals surface area contributed by atoms with Gasteiger partial charge < -0.3 is 28.6 Å². The lowest BCUT2D eigenvalue weighted by Gasteiger charge is -2.30. The van der Waals surface area contributed by atoms with Gasteiger partial charge in [0.05, 0.1) is 26.9 Å². The van der Waals surface area contributed by atoms with Crippen LogP contribution in [0.3, 0.4) is 0 Å². The van der Waals surface area contributed by atoms with Crippen molar-refractivity contribution in [2.45, 2.75) is 89.4 Å². The van der Waals surface area contributed by atoms with Gasteiger partial charge in [-0.15, -0.1) is 0 Å². The van der Waals surface area contributed by atoms with Crippen LogP contribution in [0.4, 0.5) is 5.69 Å². The number of rotatable bonds is 14. The minimum atomic E-state index is -0.136. The van der Waals surface area contributed by atoms with Crippen LogP contribution in [0, 0.1) is 5.92 Å². The maximum Gasteiger partial charge on any atom is 0.241 e. The number of carbonyl (C=O) groups excluding carboxylic acids is 1. The molecule has 4 aliphatic rings. The van der Waals surface area contributed by atoms with Gasteiger partial charge in [0.2, 0.25) is 18.4 Å². The van der Waals surface area contributed by atoms with Gasteiger partial charge in [-0.2, -0.15) is 0 Å². The molecule has 0 N–H and O–H groups in total. The van der Waals surface area contributed by atoms with Crippen molar-refractivity contribution in [3.8, 4) is 17.2 Å². The van der Waals surface area contributed by atoms with Gasteiger partial charge in [0.1, 0.15) is 0 Å². The molecule has 2 aromatic carbocycles. The van der Waals surface area contributed by atoms with E-state index in [2.05, 4.69) is 55.1 Å². The number of amides is 1. The van der Waals surface area contributed by atoms with E-state index in [9.17, 15) is 4.79 Å². The molecule has 2 unspecified atom stereocenters. The molecule has 3 heterocycles. The first kappa shape index (κ1) is 30.2. The molecule has 6 rings (SSSR count). The molecule has 1 saturated carbocycles. The number of likely N-dealkylation sites (tertiary alicyclic amines) is 1. The summed E-state index contributed by atoms with van der Waals surface area (Å²) in [6.45, 7) is 7.92. The van der Waals surface area contributed by atoms with Crippen molar-refractivity contribution in [2.24, 2.45) is 5.92 Å². The second-order valence-corrected chi connectivity index (χ2v) is 12.7. The van der Waals surface area contributed by atoms with E-state index in [1.807, 2.05) is 4.90 Å². The summed E-state index contributed by atoms with van der Waals surface area (Å²) in [6, 6.07) is 12.8. The highest BCUT2D eigenvalue weighted by molar-refractivity contribution is 5.95. The number of hydrogen-bond acceptors (Lipinski definition) is 7. The molecular weight excluding hydrogens is 544 g/mol. The quantitative estimate of drug-likeness (QED) is 0.239. The first-order valence-corrected chi connectivity index (χ1v) is 16.4. The Kier molecular flexibility index (Phi) is 9.45. The predicted octanol–water partition coefficient (Wildman–Crippen LogP) is 6.30. The lowest BCUT2D eigenvalue weighted by atomic mass is 9.93. The van der Waals surface area contributed by atoms with E-state index in [4.69, 9.17) is 23.7 Å². The van der Waals surface area contributed by atoms with Crippen molar-refractivity contribution >= 4 is 11.6 Å². The summed E-state index contributed by atoms with van der Waals surface area (Å²) in [5.74, 6) is 3.00. The number of hydrogen-bond donors (Lipinski definition) is 0. The molecule has 8 heteroatoms. The molecule has 0 aromatic heterocycles. The van der Waals surface area contributed by atoms with E-state index < -0.39 is 0 Å². The second kappa shape index (κ2) is 13.4. The molecule has 2 saturated heterocycles. The van der Waals surface area contributed by atoms with Crippen molar-refractivity contribution in [1.29, 1.82) is 0 Å². The van der Waals surface area contributed by atoms with Crippen LogP contribution < -0.4 is 19.1 Å². The summed E-state index contributed by atoms with van der Waals surface area (Å²) in [7, 11) is 1.67. The lowest BCUT2D eigenvalue weighted by molar-refractivity contribution is -0.120. The smallest absolute Gasteiger partial charge is 0.241 e. The van der Waals surface area contributed by atoms with Gasteiger partial charge in [0, 0.05) is 30.7 Å². The molecule has 0 radical (unpaired) electrons. The first-order valence-electron chi connectivity index (χ1n) is 16.4. The molecule has 3 atom stereocenters. The summed E-state index contributed by atoms with van der Waals surface area (Å²) in [5, 5.41) is 0. The first-order chi connectivity index (χ1) is 21.0. The van der Waals surface area contributed by atoms with Crippen LogP contribution in [0.15, 0.2) is 36.4 Å². The van der Waals surface area contributed by atoms with Crippen molar-refractivity contribution in [1.82, 2.24) is 4.90 Å². The van der Waals surface area contributed by atoms with E-state index >= 15 is 0 Å². The number of nitrogens with zero attached hydrogens (tertiary/aromatic N) is 2. The van der Waals surface area contributed by atoms with E-state index in [0.29, 0.717) is 37.2 Å². The predicted molar refractivity (Wildman–Crippen MR) is 166 cm³/mol. The number of unbranched alkanes of at least 4 members (excludes halogenated alkanes) is 3. The van der Waals surface area contributed by atoms with E-state index in [0.717, 1.165) is 63.1 Å². The fourth-order valence-electron chi connectivity index (χ4n) is 7.40. The largest absolute Gasteiger partial charge is 0.493 e. The number of methoxy groups -OCH3 is 1. The molecule has 234 valence electrons. The molecule has 43 heavy (non-hydrogen) atoms. The number of carbonyl (C=O) groups is 1. The average molecular weight is 593 g/mol. The SMILES string of the molecule is CCCCCc1cccc(N(CCCC)C(=O)CN2C[C@H](c3cc(OC)c4c(c3)OCO4)CC23CC3CC2OCCO2)c1. The van der Waals surface area contributed by atoms with Crippen LogP contribution in [0.25, 0.3) is 0 Å². The zero-order valence-corrected chi connectivity index (χ0v) is 26.1. The Hall–Kier alpha value is -2.81. The minimum Gasteiger partial charge on any atom is -0.493 e. The summed E-state index contributed by atoms with van der Waals surface area (Å²) in [4.78, 5) is 18.7. The third kappa shape index (κ3) is 6.52. The van der Waals surface area contributed by atoms with Gasteiger partial charge >= 0.3 is 0 Å². The third-order valence-corrected chi connectivity index (χ3v) is 9.84. The lowest BCUT2D eigenvalue weighted by Crippen LogP contribution is -2.44. The maximum absolute atomic E-state index is 14.2. The molecule has 0 bridgehead atoms. The fraction of sp³-hybridized carbons (Fsp3) is 0.629. The zero-order chi connectivity index (χ0) is 29.8. The average Bonchev–Trinajstić information content (AvgIpc) is 3.44. The van der Waals surface area contributed by atoms with Crippen LogP contribution in [0.1, 0.15) is 82.3 Å². The van der Waals surface area contributed by atoms with Gasteiger partial charge in [-0.3, -0.25) is 9.69 Å². The van der Waals surface area contributed by atoms with Gasteiger partial charge in [0.15, 0.2) is 17.8 Å². The Morgan fingerprint density at radius 1 is 1.05 bits per heavy atom. The van der Waals surface area contributed by atoms with Crippen molar-refractivity contribution in [2.75, 3.05) is 51.7 Å². The Balaban J connectivity index is 1.23. The number of anilines is 1. The monoisotopic (exact) mass is 592 g/mol. The Labute approximate surface area is 256 Å². The summed E-state index contributed by atoms with van der Waals surface area (Å²) in [5.41, 5.74) is 3.49. The summed E-state index contributed by atoms with van der Waals surface area (Å²) >= 11 is 0. The summed E-state index contributed by atoms with van der Waals surface area (Å²) < 4.78 is 28.8. The molecule has 1 spiro atoms. The molecule has 1 aliphatic carbocycles. The van der Waals surface area contributed by atoms with Crippen LogP contribution in [0.2, 0.25) is 0 Å². The third-order valence-electron chi connectivity index (χ3n) is 9.84. The maximum atomic E-state index is 14.2. The van der Waals surface area contributed by atoms with Crippen molar-refractivity contribution < 1.29 is 28.5 Å². The molecule has 3 aliphatic heterocycles. The minimum absolute atomic E-state index is 0.0301.